The molecular formula is C21H20F3N3O. The van der Waals surface area contributed by atoms with Crippen LogP contribution >= 0.6 is 0 Å². The maximum Gasteiger partial charge on any atom is 0.416 e. The number of benzene rings is 2. The summed E-state index contributed by atoms with van der Waals surface area (Å²) in [6, 6.07) is 14.4. The van der Waals surface area contributed by atoms with E-state index < -0.39 is 11.7 Å². The molecule has 0 atom stereocenters. The molecule has 1 N–H and O–H groups in total. The van der Waals surface area contributed by atoms with Crippen molar-refractivity contribution in [1.29, 1.82) is 0 Å². The molecule has 7 heteroatoms. The number of alkyl halides is 3. The molecule has 0 aliphatic heterocycles. The van der Waals surface area contributed by atoms with Gasteiger partial charge in [-0.3, -0.25) is 4.79 Å². The van der Waals surface area contributed by atoms with Gasteiger partial charge in [0.2, 0.25) is 0 Å². The molecule has 0 fully saturated rings. The van der Waals surface area contributed by atoms with Crippen molar-refractivity contribution < 1.29 is 18.0 Å². The van der Waals surface area contributed by atoms with Gasteiger partial charge in [0.25, 0.3) is 5.91 Å². The predicted octanol–water partition coefficient (Wildman–Crippen LogP) is 4.77. The Kier molecular flexibility index (Phi) is 5.82. The number of carbonyl (C=O) groups excluding carboxylic acids is 1. The molecule has 1 heterocycles. The minimum absolute atomic E-state index is 0.00480. The van der Waals surface area contributed by atoms with Gasteiger partial charge in [-0.05, 0) is 36.2 Å². The fourth-order valence-corrected chi connectivity index (χ4v) is 2.97. The SMILES string of the molecule is CCCc1c(C(=O)NCc2cccc(C(F)(F)F)c2)cnn1-c1ccccc1. The van der Waals surface area contributed by atoms with Gasteiger partial charge in [-0.1, -0.05) is 43.7 Å². The molecule has 28 heavy (non-hydrogen) atoms. The summed E-state index contributed by atoms with van der Waals surface area (Å²) in [6.45, 7) is 2.01. The zero-order valence-electron chi connectivity index (χ0n) is 15.3. The smallest absolute Gasteiger partial charge is 0.348 e. The minimum atomic E-state index is -4.41. The Bertz CT molecular complexity index is 949. The summed E-state index contributed by atoms with van der Waals surface area (Å²) in [6.07, 6.45) is -1.43. The Morgan fingerprint density at radius 2 is 1.86 bits per heavy atom. The Morgan fingerprint density at radius 1 is 1.11 bits per heavy atom. The number of para-hydroxylation sites is 1. The minimum Gasteiger partial charge on any atom is -0.348 e. The van der Waals surface area contributed by atoms with Crippen molar-refractivity contribution in [1.82, 2.24) is 15.1 Å². The lowest BCUT2D eigenvalue weighted by Crippen LogP contribution is -2.24. The van der Waals surface area contributed by atoms with Crippen molar-refractivity contribution in [3.8, 4) is 5.69 Å². The topological polar surface area (TPSA) is 46.9 Å². The highest BCUT2D eigenvalue weighted by Crippen LogP contribution is 2.29. The van der Waals surface area contributed by atoms with Gasteiger partial charge < -0.3 is 5.32 Å². The lowest BCUT2D eigenvalue weighted by atomic mass is 10.1. The van der Waals surface area contributed by atoms with Crippen LogP contribution in [0.3, 0.4) is 0 Å². The number of hydrogen-bond donors (Lipinski definition) is 1. The zero-order valence-corrected chi connectivity index (χ0v) is 15.3. The standard InChI is InChI=1S/C21H20F3N3O/c1-2-7-19-18(14-26-27(19)17-10-4-3-5-11-17)20(28)25-13-15-8-6-9-16(12-15)21(22,23)24/h3-6,8-12,14H,2,7,13H2,1H3,(H,25,28). The van der Waals surface area contributed by atoms with Crippen LogP contribution in [0.4, 0.5) is 13.2 Å². The van der Waals surface area contributed by atoms with Crippen molar-refractivity contribution in [2.24, 2.45) is 0 Å². The summed E-state index contributed by atoms with van der Waals surface area (Å²) in [5, 5.41) is 7.03. The Hall–Kier alpha value is -3.09. The van der Waals surface area contributed by atoms with Crippen LogP contribution < -0.4 is 5.32 Å². The van der Waals surface area contributed by atoms with Gasteiger partial charge >= 0.3 is 6.18 Å². The molecule has 3 rings (SSSR count). The third-order valence-electron chi connectivity index (χ3n) is 4.31. The van der Waals surface area contributed by atoms with E-state index in [9.17, 15) is 18.0 Å². The Balaban J connectivity index is 1.79. The molecule has 1 amide bonds. The van der Waals surface area contributed by atoms with Gasteiger partial charge in [0.1, 0.15) is 0 Å². The maximum atomic E-state index is 12.8. The molecule has 2 aromatic carbocycles. The number of aromatic nitrogens is 2. The third-order valence-corrected chi connectivity index (χ3v) is 4.31. The molecule has 0 radical (unpaired) electrons. The van der Waals surface area contributed by atoms with Crippen molar-refractivity contribution in [2.75, 3.05) is 0 Å². The molecule has 0 spiro atoms. The number of rotatable bonds is 6. The van der Waals surface area contributed by atoms with Crippen LogP contribution in [0.15, 0.2) is 60.8 Å². The van der Waals surface area contributed by atoms with Gasteiger partial charge in [-0.15, -0.1) is 0 Å². The van der Waals surface area contributed by atoms with E-state index in [2.05, 4.69) is 10.4 Å². The van der Waals surface area contributed by atoms with Gasteiger partial charge in [-0.2, -0.15) is 18.3 Å². The normalized spacial score (nSPS) is 11.4. The molecule has 0 saturated carbocycles. The van der Waals surface area contributed by atoms with Crippen molar-refractivity contribution in [2.45, 2.75) is 32.5 Å². The average Bonchev–Trinajstić information content (AvgIpc) is 3.10. The second kappa shape index (κ2) is 8.29. The maximum absolute atomic E-state index is 12.8. The molecule has 4 nitrogen and oxygen atoms in total. The van der Waals surface area contributed by atoms with E-state index in [1.54, 1.807) is 10.7 Å². The van der Waals surface area contributed by atoms with Crippen LogP contribution in [0.1, 0.15) is 40.5 Å². The first kappa shape index (κ1) is 19.7. The summed E-state index contributed by atoms with van der Waals surface area (Å²) < 4.78 is 40.2. The number of nitrogens with one attached hydrogen (secondary N) is 1. The molecule has 0 unspecified atom stereocenters. The second-order valence-corrected chi connectivity index (χ2v) is 6.38. The number of amides is 1. The van der Waals surface area contributed by atoms with E-state index in [0.29, 0.717) is 17.5 Å². The summed E-state index contributed by atoms with van der Waals surface area (Å²) in [5.41, 5.74) is 1.70. The third kappa shape index (κ3) is 4.42. The number of nitrogens with zero attached hydrogens (tertiary/aromatic N) is 2. The number of hydrogen-bond acceptors (Lipinski definition) is 2. The van der Waals surface area contributed by atoms with Crippen LogP contribution in [0.2, 0.25) is 0 Å². The highest BCUT2D eigenvalue weighted by Gasteiger charge is 2.30. The van der Waals surface area contributed by atoms with E-state index in [0.717, 1.165) is 29.9 Å². The summed E-state index contributed by atoms with van der Waals surface area (Å²) in [5.74, 6) is -0.358. The summed E-state index contributed by atoms with van der Waals surface area (Å²) in [7, 11) is 0. The molecular weight excluding hydrogens is 367 g/mol. The highest BCUT2D eigenvalue weighted by atomic mass is 19.4. The highest BCUT2D eigenvalue weighted by molar-refractivity contribution is 5.95. The Morgan fingerprint density at radius 3 is 2.54 bits per heavy atom. The van der Waals surface area contributed by atoms with E-state index in [4.69, 9.17) is 0 Å². The molecule has 0 aliphatic carbocycles. The Labute approximate surface area is 161 Å². The van der Waals surface area contributed by atoms with Crippen LogP contribution in [0, 0.1) is 0 Å². The van der Waals surface area contributed by atoms with E-state index in [1.165, 1.54) is 12.3 Å². The predicted molar refractivity (Wildman–Crippen MR) is 100 cm³/mol. The number of halogens is 3. The zero-order chi connectivity index (χ0) is 20.1. The number of carbonyl (C=O) groups is 1. The van der Waals surface area contributed by atoms with Crippen molar-refractivity contribution >= 4 is 5.91 Å². The molecule has 0 saturated heterocycles. The van der Waals surface area contributed by atoms with E-state index in [1.807, 2.05) is 37.3 Å². The van der Waals surface area contributed by atoms with Crippen LogP contribution in [-0.2, 0) is 19.1 Å². The largest absolute Gasteiger partial charge is 0.416 e. The molecule has 1 aromatic heterocycles. The molecule has 3 aromatic rings. The van der Waals surface area contributed by atoms with Crippen LogP contribution in [0.25, 0.3) is 5.69 Å². The van der Waals surface area contributed by atoms with Gasteiger partial charge in [-0.25, -0.2) is 4.68 Å². The first-order chi connectivity index (χ1) is 13.4. The molecule has 146 valence electrons. The lowest BCUT2D eigenvalue weighted by molar-refractivity contribution is -0.137. The van der Waals surface area contributed by atoms with Crippen molar-refractivity contribution in [3.63, 3.8) is 0 Å². The van der Waals surface area contributed by atoms with Gasteiger partial charge in [0.05, 0.1) is 28.7 Å². The lowest BCUT2D eigenvalue weighted by Gasteiger charge is -2.11. The summed E-state index contributed by atoms with van der Waals surface area (Å²) >= 11 is 0. The molecule has 0 bridgehead atoms. The quantitative estimate of drug-likeness (QED) is 0.662. The fraction of sp³-hybridized carbons (Fsp3) is 0.238. The monoisotopic (exact) mass is 387 g/mol. The van der Waals surface area contributed by atoms with E-state index >= 15 is 0 Å². The van der Waals surface area contributed by atoms with E-state index in [-0.39, 0.29) is 12.5 Å². The summed E-state index contributed by atoms with van der Waals surface area (Å²) in [4.78, 5) is 12.7. The average molecular weight is 387 g/mol. The second-order valence-electron chi connectivity index (χ2n) is 6.38. The first-order valence-corrected chi connectivity index (χ1v) is 8.96. The van der Waals surface area contributed by atoms with Gasteiger partial charge in [0, 0.05) is 6.54 Å². The van der Waals surface area contributed by atoms with Crippen molar-refractivity contribution in [3.05, 3.63) is 83.2 Å². The van der Waals surface area contributed by atoms with Crippen LogP contribution in [0.5, 0.6) is 0 Å². The molecule has 0 aliphatic rings. The first-order valence-electron chi connectivity index (χ1n) is 8.96. The fourth-order valence-electron chi connectivity index (χ4n) is 2.97. The van der Waals surface area contributed by atoms with Gasteiger partial charge in [0.15, 0.2) is 0 Å². The van der Waals surface area contributed by atoms with Crippen LogP contribution in [-0.4, -0.2) is 15.7 Å².